The highest BCUT2D eigenvalue weighted by Gasteiger charge is 2.58. The van der Waals surface area contributed by atoms with Crippen LogP contribution in [-0.4, -0.2) is 38.3 Å². The van der Waals surface area contributed by atoms with Crippen LogP contribution in [0.15, 0.2) is 5.11 Å². The van der Waals surface area contributed by atoms with Crippen LogP contribution in [-0.2, 0) is 14.2 Å². The first kappa shape index (κ1) is 7.82. The molecule has 2 heterocycles. The molecule has 0 aromatic rings. The summed E-state index contributed by atoms with van der Waals surface area (Å²) < 4.78 is 15.6. The zero-order valence-electron chi connectivity index (χ0n) is 6.58. The van der Waals surface area contributed by atoms with Crippen molar-refractivity contribution in [2.75, 3.05) is 13.7 Å². The third-order valence-electron chi connectivity index (χ3n) is 2.06. The molecule has 0 aromatic carbocycles. The molecular formula is C6H9N3O3. The second-order valence-electron chi connectivity index (χ2n) is 2.76. The number of rotatable bonds is 3. The number of hydrogen-bond donors (Lipinski definition) is 0. The fourth-order valence-corrected chi connectivity index (χ4v) is 1.44. The van der Waals surface area contributed by atoms with E-state index in [1.54, 1.807) is 7.11 Å². The number of nitrogens with zero attached hydrogens (tertiary/aromatic N) is 3. The molecule has 2 fully saturated rings. The van der Waals surface area contributed by atoms with Gasteiger partial charge in [-0.15, -0.1) is 0 Å². The molecule has 66 valence electrons. The largest absolute Gasteiger partial charge is 0.361 e. The standard InChI is InChI=1S/C6H9N3O3/c1-10-6-5-4(12-5)3(11-6)2-8-9-7/h3-6H,2H2,1H3. The number of methoxy groups -OCH3 is 1. The van der Waals surface area contributed by atoms with Crippen molar-refractivity contribution >= 4 is 0 Å². The third-order valence-corrected chi connectivity index (χ3v) is 2.06. The maximum absolute atomic E-state index is 8.08. The van der Waals surface area contributed by atoms with Gasteiger partial charge >= 0.3 is 0 Å². The lowest BCUT2D eigenvalue weighted by molar-refractivity contribution is -0.155. The fraction of sp³-hybridized carbons (Fsp3) is 1.00. The highest BCUT2D eigenvalue weighted by atomic mass is 16.8. The van der Waals surface area contributed by atoms with E-state index in [4.69, 9.17) is 19.7 Å². The highest BCUT2D eigenvalue weighted by Crippen LogP contribution is 2.39. The Hall–Kier alpha value is -0.810. The van der Waals surface area contributed by atoms with E-state index in [0.717, 1.165) is 0 Å². The number of ether oxygens (including phenoxy) is 3. The molecule has 2 aliphatic heterocycles. The average Bonchev–Trinajstić information content (AvgIpc) is 2.80. The number of fused-ring (bicyclic) bond motifs is 1. The number of azide groups is 1. The molecule has 4 atom stereocenters. The van der Waals surface area contributed by atoms with E-state index in [9.17, 15) is 0 Å². The van der Waals surface area contributed by atoms with Crippen LogP contribution in [0.3, 0.4) is 0 Å². The summed E-state index contributed by atoms with van der Waals surface area (Å²) in [4.78, 5) is 2.65. The van der Waals surface area contributed by atoms with Crippen molar-refractivity contribution < 1.29 is 14.2 Å². The summed E-state index contributed by atoms with van der Waals surface area (Å²) in [5.41, 5.74) is 8.08. The van der Waals surface area contributed by atoms with Gasteiger partial charge in [0.15, 0.2) is 6.29 Å². The molecule has 0 radical (unpaired) electrons. The van der Waals surface area contributed by atoms with Crippen LogP contribution in [0.2, 0.25) is 0 Å². The zero-order chi connectivity index (χ0) is 8.55. The lowest BCUT2D eigenvalue weighted by atomic mass is 10.2. The fourth-order valence-electron chi connectivity index (χ4n) is 1.44. The summed E-state index contributed by atoms with van der Waals surface area (Å²) in [6.45, 7) is 0.317. The Labute approximate surface area is 69.0 Å². The second-order valence-corrected chi connectivity index (χ2v) is 2.76. The molecule has 0 bridgehead atoms. The van der Waals surface area contributed by atoms with Crippen molar-refractivity contribution in [2.24, 2.45) is 5.11 Å². The minimum Gasteiger partial charge on any atom is -0.361 e. The first-order valence-corrected chi connectivity index (χ1v) is 3.71. The van der Waals surface area contributed by atoms with Gasteiger partial charge in [-0.1, -0.05) is 5.11 Å². The molecule has 0 aromatic heterocycles. The van der Waals surface area contributed by atoms with Gasteiger partial charge in [-0.3, -0.25) is 0 Å². The van der Waals surface area contributed by atoms with Gasteiger partial charge in [0.25, 0.3) is 0 Å². The van der Waals surface area contributed by atoms with Crippen molar-refractivity contribution in [1.29, 1.82) is 0 Å². The monoisotopic (exact) mass is 171 g/mol. The van der Waals surface area contributed by atoms with Crippen LogP contribution in [0.1, 0.15) is 0 Å². The van der Waals surface area contributed by atoms with Crippen molar-refractivity contribution in [1.82, 2.24) is 0 Å². The summed E-state index contributed by atoms with van der Waals surface area (Å²) in [6.07, 6.45) is -0.293. The van der Waals surface area contributed by atoms with E-state index >= 15 is 0 Å². The van der Waals surface area contributed by atoms with Crippen LogP contribution in [0.25, 0.3) is 10.4 Å². The maximum Gasteiger partial charge on any atom is 0.186 e. The quantitative estimate of drug-likeness (QED) is 0.267. The van der Waals surface area contributed by atoms with Gasteiger partial charge in [-0.05, 0) is 5.53 Å². The van der Waals surface area contributed by atoms with Gasteiger partial charge in [0.1, 0.15) is 12.2 Å². The minimum absolute atomic E-state index is 0.0499. The molecule has 0 saturated carbocycles. The highest BCUT2D eigenvalue weighted by molar-refractivity contribution is 5.00. The first-order valence-electron chi connectivity index (χ1n) is 3.71. The SMILES string of the molecule is COC1OC(CN=[N+]=[N-])C2OC12. The van der Waals surface area contributed by atoms with Gasteiger partial charge in [0, 0.05) is 12.0 Å². The Morgan fingerprint density at radius 3 is 2.92 bits per heavy atom. The Bertz CT molecular complexity index is 228. The normalized spacial score (nSPS) is 43.4. The lowest BCUT2D eigenvalue weighted by Gasteiger charge is -2.13. The molecular weight excluding hydrogens is 162 g/mol. The van der Waals surface area contributed by atoms with Crippen LogP contribution in [0.5, 0.6) is 0 Å². The molecule has 0 spiro atoms. The molecule has 2 saturated heterocycles. The molecule has 2 rings (SSSR count). The molecule has 0 N–H and O–H groups in total. The topological polar surface area (TPSA) is 79.8 Å². The van der Waals surface area contributed by atoms with Gasteiger partial charge in [-0.2, -0.15) is 0 Å². The minimum atomic E-state index is -0.283. The smallest absolute Gasteiger partial charge is 0.186 e. The second kappa shape index (κ2) is 2.91. The molecule has 6 heteroatoms. The summed E-state index contributed by atoms with van der Waals surface area (Å²) in [6, 6.07) is 0. The van der Waals surface area contributed by atoms with Crippen LogP contribution < -0.4 is 0 Å². The molecule has 12 heavy (non-hydrogen) atoms. The van der Waals surface area contributed by atoms with E-state index in [0.29, 0.717) is 6.54 Å². The van der Waals surface area contributed by atoms with Gasteiger partial charge in [-0.25, -0.2) is 0 Å². The van der Waals surface area contributed by atoms with Crippen LogP contribution in [0.4, 0.5) is 0 Å². The zero-order valence-corrected chi connectivity index (χ0v) is 6.58. The van der Waals surface area contributed by atoms with Crippen LogP contribution in [0, 0.1) is 0 Å². The van der Waals surface area contributed by atoms with Crippen molar-refractivity contribution in [2.45, 2.75) is 24.6 Å². The molecule has 6 nitrogen and oxygen atoms in total. The van der Waals surface area contributed by atoms with E-state index in [1.807, 2.05) is 0 Å². The summed E-state index contributed by atoms with van der Waals surface area (Å²) in [5, 5.41) is 3.42. The van der Waals surface area contributed by atoms with E-state index in [1.165, 1.54) is 0 Å². The molecule has 2 aliphatic rings. The molecule has 0 amide bonds. The lowest BCUT2D eigenvalue weighted by Crippen LogP contribution is -2.23. The van der Waals surface area contributed by atoms with E-state index in [-0.39, 0.29) is 24.6 Å². The van der Waals surface area contributed by atoms with Gasteiger partial charge in [0.2, 0.25) is 0 Å². The molecule has 4 unspecified atom stereocenters. The summed E-state index contributed by atoms with van der Waals surface area (Å²) >= 11 is 0. The summed E-state index contributed by atoms with van der Waals surface area (Å²) in [7, 11) is 1.57. The Morgan fingerprint density at radius 1 is 1.50 bits per heavy atom. The Kier molecular flexibility index (Phi) is 1.90. The third kappa shape index (κ3) is 1.15. The van der Waals surface area contributed by atoms with E-state index in [2.05, 4.69) is 10.0 Å². The maximum atomic E-state index is 8.08. The predicted molar refractivity (Wildman–Crippen MR) is 38.3 cm³/mol. The molecule has 0 aliphatic carbocycles. The number of hydrogen-bond acceptors (Lipinski definition) is 4. The first-order chi connectivity index (χ1) is 5.86. The Balaban J connectivity index is 1.90. The Morgan fingerprint density at radius 2 is 2.33 bits per heavy atom. The number of epoxide rings is 1. The van der Waals surface area contributed by atoms with Crippen LogP contribution >= 0.6 is 0 Å². The van der Waals surface area contributed by atoms with Crippen molar-refractivity contribution in [3.8, 4) is 0 Å². The van der Waals surface area contributed by atoms with E-state index < -0.39 is 0 Å². The van der Waals surface area contributed by atoms with Gasteiger partial charge in [0.05, 0.1) is 12.6 Å². The average molecular weight is 171 g/mol. The van der Waals surface area contributed by atoms with Crippen molar-refractivity contribution in [3.05, 3.63) is 10.4 Å². The summed E-state index contributed by atoms with van der Waals surface area (Å²) in [5.74, 6) is 0. The van der Waals surface area contributed by atoms with Crippen molar-refractivity contribution in [3.63, 3.8) is 0 Å². The van der Waals surface area contributed by atoms with Gasteiger partial charge < -0.3 is 14.2 Å². The predicted octanol–water partition coefficient (Wildman–Crippen LogP) is 0.435.